The molecule has 3 nitrogen and oxygen atoms in total. The molecule has 0 aliphatic heterocycles. The molecule has 0 radical (unpaired) electrons. The Balaban J connectivity index is 3.83. The summed E-state index contributed by atoms with van der Waals surface area (Å²) in [6.45, 7) is 9.33. The van der Waals surface area contributed by atoms with Crippen LogP contribution in [0.4, 0.5) is 4.79 Å². The van der Waals surface area contributed by atoms with Gasteiger partial charge in [-0.3, -0.25) is 0 Å². The van der Waals surface area contributed by atoms with Gasteiger partial charge in [0.05, 0.1) is 0 Å². The van der Waals surface area contributed by atoms with Gasteiger partial charge in [-0.1, -0.05) is 78.6 Å². The van der Waals surface area contributed by atoms with Crippen LogP contribution in [0.3, 0.4) is 0 Å². The van der Waals surface area contributed by atoms with Crippen LogP contribution in [0.25, 0.3) is 0 Å². The Morgan fingerprint density at radius 3 is 1.68 bits per heavy atom. The van der Waals surface area contributed by atoms with Gasteiger partial charge < -0.3 is 10.2 Å². The number of carbonyl (C=O) groups excluding carboxylic acids is 1. The van der Waals surface area contributed by atoms with Crippen LogP contribution in [0.15, 0.2) is 0 Å². The van der Waals surface area contributed by atoms with E-state index in [0.717, 1.165) is 38.9 Å². The van der Waals surface area contributed by atoms with Crippen LogP contribution in [0, 0.1) is 0 Å². The fourth-order valence-corrected chi connectivity index (χ4v) is 2.63. The van der Waals surface area contributed by atoms with Crippen molar-refractivity contribution in [3.05, 3.63) is 0 Å². The summed E-state index contributed by atoms with van der Waals surface area (Å²) in [5.74, 6) is 0. The number of nitrogens with one attached hydrogen (secondary N) is 1. The van der Waals surface area contributed by atoms with Crippen molar-refractivity contribution >= 4 is 6.03 Å². The molecule has 22 heavy (non-hydrogen) atoms. The lowest BCUT2D eigenvalue weighted by molar-refractivity contribution is 0.195. The predicted octanol–water partition coefficient (Wildman–Crippen LogP) is 5.74. The van der Waals surface area contributed by atoms with Gasteiger partial charge in [-0.2, -0.15) is 0 Å². The minimum absolute atomic E-state index is 0.153. The molecule has 0 unspecified atom stereocenters. The molecular formula is C19H40N2O. The highest BCUT2D eigenvalue weighted by Gasteiger charge is 2.11. The lowest BCUT2D eigenvalue weighted by atomic mass is 10.1. The van der Waals surface area contributed by atoms with Gasteiger partial charge in [-0.05, 0) is 19.3 Å². The van der Waals surface area contributed by atoms with Crippen molar-refractivity contribution in [1.29, 1.82) is 0 Å². The van der Waals surface area contributed by atoms with E-state index in [0.29, 0.717) is 0 Å². The summed E-state index contributed by atoms with van der Waals surface area (Å²) in [6.07, 6.45) is 14.8. The van der Waals surface area contributed by atoms with E-state index in [4.69, 9.17) is 0 Å². The Hall–Kier alpha value is -0.730. The van der Waals surface area contributed by atoms with E-state index in [1.54, 1.807) is 0 Å². The minimum Gasteiger partial charge on any atom is -0.338 e. The Bertz CT molecular complexity index is 234. The van der Waals surface area contributed by atoms with Crippen molar-refractivity contribution in [2.45, 2.75) is 97.8 Å². The molecule has 0 aromatic carbocycles. The summed E-state index contributed by atoms with van der Waals surface area (Å²) in [5.41, 5.74) is 0. The number of hydrogen-bond acceptors (Lipinski definition) is 1. The molecule has 0 fully saturated rings. The number of urea groups is 1. The first kappa shape index (κ1) is 21.3. The Morgan fingerprint density at radius 1 is 0.682 bits per heavy atom. The van der Waals surface area contributed by atoms with E-state index in [1.807, 2.05) is 4.90 Å². The smallest absolute Gasteiger partial charge is 0.317 e. The van der Waals surface area contributed by atoms with E-state index >= 15 is 0 Å². The second-order valence-corrected chi connectivity index (χ2v) is 6.40. The quantitative estimate of drug-likeness (QED) is 0.384. The van der Waals surface area contributed by atoms with Gasteiger partial charge in [0, 0.05) is 19.6 Å². The van der Waals surface area contributed by atoms with Crippen LogP contribution < -0.4 is 5.32 Å². The van der Waals surface area contributed by atoms with Gasteiger partial charge in [0.2, 0.25) is 0 Å². The van der Waals surface area contributed by atoms with Gasteiger partial charge in [-0.15, -0.1) is 0 Å². The highest BCUT2D eigenvalue weighted by molar-refractivity contribution is 5.74. The number of nitrogens with zero attached hydrogens (tertiary/aromatic N) is 1. The van der Waals surface area contributed by atoms with Crippen molar-refractivity contribution in [3.8, 4) is 0 Å². The number of unbranched alkanes of at least 4 members (excludes halogenated alkanes) is 9. The summed E-state index contributed by atoms with van der Waals surface area (Å²) >= 11 is 0. The first-order valence-electron chi connectivity index (χ1n) is 9.79. The summed E-state index contributed by atoms with van der Waals surface area (Å²) in [5, 5.41) is 3.11. The van der Waals surface area contributed by atoms with Crippen LogP contribution in [-0.2, 0) is 0 Å². The topological polar surface area (TPSA) is 32.3 Å². The molecule has 0 rings (SSSR count). The summed E-state index contributed by atoms with van der Waals surface area (Å²) in [7, 11) is 0. The molecule has 0 heterocycles. The zero-order valence-corrected chi connectivity index (χ0v) is 15.5. The lowest BCUT2D eigenvalue weighted by Gasteiger charge is -2.23. The maximum atomic E-state index is 12.3. The number of hydrogen-bond donors (Lipinski definition) is 1. The highest BCUT2D eigenvalue weighted by atomic mass is 16.2. The van der Waals surface area contributed by atoms with Crippen LogP contribution in [0.2, 0.25) is 0 Å². The van der Waals surface area contributed by atoms with E-state index in [-0.39, 0.29) is 6.03 Å². The monoisotopic (exact) mass is 312 g/mol. The maximum absolute atomic E-state index is 12.3. The highest BCUT2D eigenvalue weighted by Crippen LogP contribution is 2.05. The van der Waals surface area contributed by atoms with Gasteiger partial charge in [0.25, 0.3) is 0 Å². The Labute approximate surface area is 139 Å². The van der Waals surface area contributed by atoms with Crippen molar-refractivity contribution in [2.24, 2.45) is 0 Å². The standard InChI is InChI=1S/C19H40N2O/c1-4-7-10-11-12-13-16-20-19(22)21(17-14-8-5-2)18-15-9-6-3/h4-18H2,1-3H3,(H,20,22). The number of amides is 2. The Kier molecular flexibility index (Phi) is 16.1. The normalized spacial score (nSPS) is 10.7. The molecule has 0 aliphatic rings. The van der Waals surface area contributed by atoms with Crippen molar-refractivity contribution in [3.63, 3.8) is 0 Å². The average molecular weight is 313 g/mol. The number of rotatable bonds is 15. The first-order chi connectivity index (χ1) is 10.8. The summed E-state index contributed by atoms with van der Waals surface area (Å²) < 4.78 is 0. The molecule has 0 spiro atoms. The lowest BCUT2D eigenvalue weighted by Crippen LogP contribution is -2.41. The maximum Gasteiger partial charge on any atom is 0.317 e. The molecule has 0 aliphatic carbocycles. The second kappa shape index (κ2) is 16.6. The van der Waals surface area contributed by atoms with E-state index in [1.165, 1.54) is 57.8 Å². The van der Waals surface area contributed by atoms with Crippen LogP contribution in [0.1, 0.15) is 97.8 Å². The summed E-state index contributed by atoms with van der Waals surface area (Å²) in [4.78, 5) is 14.3. The summed E-state index contributed by atoms with van der Waals surface area (Å²) in [6, 6.07) is 0.153. The molecular weight excluding hydrogens is 272 g/mol. The van der Waals surface area contributed by atoms with Gasteiger partial charge >= 0.3 is 6.03 Å². The third-order valence-corrected chi connectivity index (χ3v) is 4.16. The van der Waals surface area contributed by atoms with Gasteiger partial charge in [0.15, 0.2) is 0 Å². The molecule has 1 N–H and O–H groups in total. The molecule has 0 aromatic rings. The largest absolute Gasteiger partial charge is 0.338 e. The predicted molar refractivity (Wildman–Crippen MR) is 97.4 cm³/mol. The fraction of sp³-hybridized carbons (Fsp3) is 0.947. The number of carbonyl (C=O) groups is 1. The average Bonchev–Trinajstić information content (AvgIpc) is 2.52. The Morgan fingerprint density at radius 2 is 1.14 bits per heavy atom. The molecule has 0 bridgehead atoms. The van der Waals surface area contributed by atoms with Crippen molar-refractivity contribution in [1.82, 2.24) is 10.2 Å². The second-order valence-electron chi connectivity index (χ2n) is 6.40. The molecule has 0 atom stereocenters. The van der Waals surface area contributed by atoms with Gasteiger partial charge in [0.1, 0.15) is 0 Å². The van der Waals surface area contributed by atoms with Gasteiger partial charge in [-0.25, -0.2) is 4.79 Å². The molecule has 0 aromatic heterocycles. The van der Waals surface area contributed by atoms with Crippen LogP contribution >= 0.6 is 0 Å². The van der Waals surface area contributed by atoms with E-state index in [2.05, 4.69) is 26.1 Å². The van der Waals surface area contributed by atoms with Crippen molar-refractivity contribution in [2.75, 3.05) is 19.6 Å². The van der Waals surface area contributed by atoms with E-state index < -0.39 is 0 Å². The van der Waals surface area contributed by atoms with Crippen LogP contribution in [-0.4, -0.2) is 30.6 Å². The zero-order valence-electron chi connectivity index (χ0n) is 15.5. The zero-order chi connectivity index (χ0) is 16.5. The molecule has 2 amide bonds. The third kappa shape index (κ3) is 13.0. The SMILES string of the molecule is CCCCCCCCNC(=O)N(CCCCC)CCCCC. The molecule has 0 saturated heterocycles. The van der Waals surface area contributed by atoms with E-state index in [9.17, 15) is 4.79 Å². The first-order valence-corrected chi connectivity index (χ1v) is 9.79. The van der Waals surface area contributed by atoms with Crippen LogP contribution in [0.5, 0.6) is 0 Å². The third-order valence-electron chi connectivity index (χ3n) is 4.16. The molecule has 0 saturated carbocycles. The molecule has 3 heteroatoms. The minimum atomic E-state index is 0.153. The fourth-order valence-electron chi connectivity index (χ4n) is 2.63. The molecule has 132 valence electrons. The van der Waals surface area contributed by atoms with Crippen molar-refractivity contribution < 1.29 is 4.79 Å².